The third-order valence-corrected chi connectivity index (χ3v) is 3.40. The van der Waals surface area contributed by atoms with Crippen molar-refractivity contribution in [2.45, 2.75) is 25.8 Å². The highest BCUT2D eigenvalue weighted by molar-refractivity contribution is 5.95. The number of benzene rings is 1. The fourth-order valence-electron chi connectivity index (χ4n) is 2.13. The summed E-state index contributed by atoms with van der Waals surface area (Å²) in [5.41, 5.74) is 1.18. The molecular formula is C14H18N2O4. The van der Waals surface area contributed by atoms with Crippen LogP contribution in [0.1, 0.15) is 28.8 Å². The fraction of sp³-hybridized carbons (Fsp3) is 0.429. The van der Waals surface area contributed by atoms with Crippen LogP contribution in [0.4, 0.5) is 10.5 Å². The maximum absolute atomic E-state index is 12.2. The summed E-state index contributed by atoms with van der Waals surface area (Å²) in [6, 6.07) is 4.65. The first kappa shape index (κ1) is 14.3. The Hall–Kier alpha value is -2.08. The Morgan fingerprint density at radius 2 is 2.10 bits per heavy atom. The van der Waals surface area contributed by atoms with E-state index in [-0.39, 0.29) is 30.8 Å². The number of aromatic carboxylic acids is 1. The van der Waals surface area contributed by atoms with E-state index < -0.39 is 5.97 Å². The number of aliphatic hydroxyl groups excluding tert-OH is 1. The molecule has 1 aliphatic carbocycles. The first-order valence-electron chi connectivity index (χ1n) is 6.56. The van der Waals surface area contributed by atoms with Gasteiger partial charge in [-0.15, -0.1) is 0 Å². The number of rotatable bonds is 5. The molecule has 2 amide bonds. The monoisotopic (exact) mass is 278 g/mol. The Kier molecular flexibility index (Phi) is 4.24. The summed E-state index contributed by atoms with van der Waals surface area (Å²) < 4.78 is 0. The molecule has 6 heteroatoms. The summed E-state index contributed by atoms with van der Waals surface area (Å²) in [4.78, 5) is 24.8. The summed E-state index contributed by atoms with van der Waals surface area (Å²) >= 11 is 0. The summed E-state index contributed by atoms with van der Waals surface area (Å²) in [5.74, 6) is -1.02. The van der Waals surface area contributed by atoms with Crippen LogP contribution in [0.3, 0.4) is 0 Å². The average Bonchev–Trinajstić information content (AvgIpc) is 3.22. The molecular weight excluding hydrogens is 260 g/mol. The topological polar surface area (TPSA) is 89.9 Å². The highest BCUT2D eigenvalue weighted by Crippen LogP contribution is 2.27. The highest BCUT2D eigenvalue weighted by atomic mass is 16.4. The predicted octanol–water partition coefficient (Wildman–Crippen LogP) is 1.68. The minimum atomic E-state index is -1.02. The number of nitrogens with zero attached hydrogens (tertiary/aromatic N) is 1. The highest BCUT2D eigenvalue weighted by Gasteiger charge is 2.32. The Balaban J connectivity index is 2.14. The average molecular weight is 278 g/mol. The van der Waals surface area contributed by atoms with E-state index in [0.29, 0.717) is 11.3 Å². The molecule has 0 bridgehead atoms. The van der Waals surface area contributed by atoms with E-state index in [0.717, 1.165) is 12.8 Å². The van der Waals surface area contributed by atoms with Crippen molar-refractivity contribution in [3.05, 3.63) is 29.3 Å². The van der Waals surface area contributed by atoms with Gasteiger partial charge in [-0.1, -0.05) is 6.07 Å². The van der Waals surface area contributed by atoms with Gasteiger partial charge in [-0.2, -0.15) is 0 Å². The van der Waals surface area contributed by atoms with Gasteiger partial charge < -0.3 is 20.4 Å². The van der Waals surface area contributed by atoms with Crippen LogP contribution in [0.15, 0.2) is 18.2 Å². The largest absolute Gasteiger partial charge is 0.478 e. The molecule has 0 saturated heterocycles. The lowest BCUT2D eigenvalue weighted by atomic mass is 10.1. The van der Waals surface area contributed by atoms with Crippen LogP contribution in [-0.2, 0) is 0 Å². The van der Waals surface area contributed by atoms with E-state index in [4.69, 9.17) is 10.2 Å². The van der Waals surface area contributed by atoms with Gasteiger partial charge in [0.15, 0.2) is 0 Å². The maximum Gasteiger partial charge on any atom is 0.336 e. The van der Waals surface area contributed by atoms with Crippen molar-refractivity contribution in [3.63, 3.8) is 0 Å². The zero-order valence-corrected chi connectivity index (χ0v) is 11.3. The quantitative estimate of drug-likeness (QED) is 0.764. The van der Waals surface area contributed by atoms with Crippen molar-refractivity contribution in [3.8, 4) is 0 Å². The normalized spacial score (nSPS) is 13.9. The third kappa shape index (κ3) is 3.08. The molecule has 0 heterocycles. The molecule has 0 spiro atoms. The van der Waals surface area contributed by atoms with Crippen molar-refractivity contribution in [2.75, 3.05) is 18.5 Å². The fourth-order valence-corrected chi connectivity index (χ4v) is 2.13. The van der Waals surface area contributed by atoms with Crippen LogP contribution in [0, 0.1) is 6.92 Å². The van der Waals surface area contributed by atoms with Crippen LogP contribution in [0.2, 0.25) is 0 Å². The zero-order valence-electron chi connectivity index (χ0n) is 11.3. The Morgan fingerprint density at radius 3 is 2.65 bits per heavy atom. The Morgan fingerprint density at radius 1 is 1.40 bits per heavy atom. The van der Waals surface area contributed by atoms with Gasteiger partial charge in [0.25, 0.3) is 0 Å². The molecule has 1 fully saturated rings. The summed E-state index contributed by atoms with van der Waals surface area (Å²) in [7, 11) is 0. The van der Waals surface area contributed by atoms with E-state index in [9.17, 15) is 9.59 Å². The van der Waals surface area contributed by atoms with Gasteiger partial charge in [0.1, 0.15) is 0 Å². The number of hydrogen-bond acceptors (Lipinski definition) is 3. The first-order chi connectivity index (χ1) is 9.54. The minimum absolute atomic E-state index is 0.0853. The lowest BCUT2D eigenvalue weighted by Crippen LogP contribution is -2.38. The molecule has 1 aromatic carbocycles. The number of hydrogen-bond donors (Lipinski definition) is 3. The van der Waals surface area contributed by atoms with Crippen LogP contribution < -0.4 is 5.32 Å². The number of carbonyl (C=O) groups excluding carboxylic acids is 1. The molecule has 0 atom stereocenters. The Bertz CT molecular complexity index is 526. The molecule has 3 N–H and O–H groups in total. The SMILES string of the molecule is Cc1c(NC(=O)N(CCO)C2CC2)cccc1C(=O)O. The second kappa shape index (κ2) is 5.92. The molecule has 20 heavy (non-hydrogen) atoms. The van der Waals surface area contributed by atoms with E-state index in [1.54, 1.807) is 24.0 Å². The lowest BCUT2D eigenvalue weighted by molar-refractivity contribution is 0.0696. The van der Waals surface area contributed by atoms with Crippen LogP contribution >= 0.6 is 0 Å². The van der Waals surface area contributed by atoms with Gasteiger partial charge >= 0.3 is 12.0 Å². The number of carboxylic acid groups (broad SMARTS) is 1. The number of amides is 2. The smallest absolute Gasteiger partial charge is 0.336 e. The number of urea groups is 1. The second-order valence-electron chi connectivity index (χ2n) is 4.86. The molecule has 0 aliphatic heterocycles. The molecule has 1 aromatic rings. The minimum Gasteiger partial charge on any atom is -0.478 e. The van der Waals surface area contributed by atoms with E-state index >= 15 is 0 Å². The van der Waals surface area contributed by atoms with E-state index in [1.807, 2.05) is 0 Å². The molecule has 1 saturated carbocycles. The standard InChI is InChI=1S/C14H18N2O4/c1-9-11(13(18)19)3-2-4-12(9)15-14(20)16(7-8-17)10-5-6-10/h2-4,10,17H,5-8H2,1H3,(H,15,20)(H,18,19). The second-order valence-corrected chi connectivity index (χ2v) is 4.86. The van der Waals surface area contributed by atoms with Crippen molar-refractivity contribution < 1.29 is 19.8 Å². The molecule has 108 valence electrons. The number of anilines is 1. The van der Waals surface area contributed by atoms with Gasteiger partial charge in [0.2, 0.25) is 0 Å². The van der Waals surface area contributed by atoms with Gasteiger partial charge in [-0.05, 0) is 37.5 Å². The maximum atomic E-state index is 12.2. The van der Waals surface area contributed by atoms with Crippen molar-refractivity contribution in [2.24, 2.45) is 0 Å². The molecule has 1 aliphatic rings. The van der Waals surface area contributed by atoms with E-state index in [2.05, 4.69) is 5.32 Å². The molecule has 6 nitrogen and oxygen atoms in total. The van der Waals surface area contributed by atoms with Crippen LogP contribution in [0.25, 0.3) is 0 Å². The van der Waals surface area contributed by atoms with Gasteiger partial charge in [-0.25, -0.2) is 9.59 Å². The first-order valence-corrected chi connectivity index (χ1v) is 6.56. The number of carbonyl (C=O) groups is 2. The number of aliphatic hydroxyl groups is 1. The summed E-state index contributed by atoms with van der Waals surface area (Å²) in [5, 5.41) is 20.8. The van der Waals surface area contributed by atoms with Gasteiger partial charge in [0.05, 0.1) is 12.2 Å². The van der Waals surface area contributed by atoms with Crippen molar-refractivity contribution >= 4 is 17.7 Å². The third-order valence-electron chi connectivity index (χ3n) is 3.40. The molecule has 0 aromatic heterocycles. The number of nitrogens with one attached hydrogen (secondary N) is 1. The lowest BCUT2D eigenvalue weighted by Gasteiger charge is -2.22. The Labute approximate surface area is 117 Å². The van der Waals surface area contributed by atoms with E-state index in [1.165, 1.54) is 6.07 Å². The number of carboxylic acids is 1. The molecule has 0 radical (unpaired) electrons. The van der Waals surface area contributed by atoms with Crippen molar-refractivity contribution in [1.29, 1.82) is 0 Å². The summed E-state index contributed by atoms with van der Waals surface area (Å²) in [6.45, 7) is 1.86. The van der Waals surface area contributed by atoms with Gasteiger partial charge in [0, 0.05) is 18.3 Å². The van der Waals surface area contributed by atoms with Crippen molar-refractivity contribution in [1.82, 2.24) is 4.90 Å². The summed E-state index contributed by atoms with van der Waals surface area (Å²) in [6.07, 6.45) is 1.89. The van der Waals surface area contributed by atoms with Crippen LogP contribution in [0.5, 0.6) is 0 Å². The predicted molar refractivity (Wildman–Crippen MR) is 74.0 cm³/mol. The van der Waals surface area contributed by atoms with Crippen LogP contribution in [-0.4, -0.2) is 46.3 Å². The zero-order chi connectivity index (χ0) is 14.7. The van der Waals surface area contributed by atoms with Gasteiger partial charge in [-0.3, -0.25) is 0 Å². The molecule has 0 unspecified atom stereocenters. The molecule has 2 rings (SSSR count).